The first-order valence-corrected chi connectivity index (χ1v) is 12.3. The summed E-state index contributed by atoms with van der Waals surface area (Å²) in [5.41, 5.74) is 2.13. The minimum absolute atomic E-state index is 0.0251. The fraction of sp³-hybridized carbons (Fsp3) is 0.370. The van der Waals surface area contributed by atoms with Crippen LogP contribution in [0.1, 0.15) is 40.4 Å². The van der Waals surface area contributed by atoms with Gasteiger partial charge in [-0.3, -0.25) is 19.5 Å². The predicted molar refractivity (Wildman–Crippen MR) is 135 cm³/mol. The normalized spacial score (nSPS) is 18.7. The van der Waals surface area contributed by atoms with E-state index in [-0.39, 0.29) is 17.7 Å². The number of aromatic amines is 1. The second-order valence-corrected chi connectivity index (χ2v) is 9.04. The van der Waals surface area contributed by atoms with E-state index in [0.29, 0.717) is 12.5 Å². The molecule has 0 bridgehead atoms. The number of nitrogens with zero attached hydrogens (tertiary/aromatic N) is 3. The van der Waals surface area contributed by atoms with Gasteiger partial charge in [0.05, 0.1) is 12.1 Å². The van der Waals surface area contributed by atoms with Crippen LogP contribution in [-0.4, -0.2) is 66.2 Å². The zero-order valence-electron chi connectivity index (χ0n) is 19.7. The van der Waals surface area contributed by atoms with Gasteiger partial charge in [-0.15, -0.1) is 0 Å². The Bertz CT molecular complexity index is 1130. The average molecular weight is 474 g/mol. The highest BCUT2D eigenvalue weighted by Crippen LogP contribution is 2.29. The molecule has 0 radical (unpaired) electrons. The van der Waals surface area contributed by atoms with Gasteiger partial charge >= 0.3 is 0 Å². The van der Waals surface area contributed by atoms with Crippen molar-refractivity contribution in [2.75, 3.05) is 44.2 Å². The van der Waals surface area contributed by atoms with Gasteiger partial charge in [-0.05, 0) is 24.0 Å². The summed E-state index contributed by atoms with van der Waals surface area (Å²) in [6.07, 6.45) is 3.33. The van der Waals surface area contributed by atoms with E-state index >= 15 is 0 Å². The molecule has 8 heteroatoms. The van der Waals surface area contributed by atoms with Crippen molar-refractivity contribution in [3.05, 3.63) is 93.9 Å². The molecule has 2 aliphatic heterocycles. The maximum absolute atomic E-state index is 12.6. The SMILES string of the molecule is O=C(NC[C@H]1CCCO1)c1cnc(N2CCN(C(c3ccccc3)c3ccccc3)CC2)[nH]c1=O. The first-order chi connectivity index (χ1) is 17.2. The van der Waals surface area contributed by atoms with E-state index in [4.69, 9.17) is 4.74 Å². The van der Waals surface area contributed by atoms with Crippen molar-refractivity contribution in [3.8, 4) is 0 Å². The van der Waals surface area contributed by atoms with Crippen LogP contribution < -0.4 is 15.8 Å². The van der Waals surface area contributed by atoms with Crippen molar-refractivity contribution in [1.82, 2.24) is 20.2 Å². The summed E-state index contributed by atoms with van der Waals surface area (Å²) in [5, 5.41) is 2.79. The van der Waals surface area contributed by atoms with Gasteiger partial charge in [-0.2, -0.15) is 0 Å². The number of benzene rings is 2. The van der Waals surface area contributed by atoms with Crippen molar-refractivity contribution in [2.24, 2.45) is 0 Å². The van der Waals surface area contributed by atoms with Crippen LogP contribution in [0.5, 0.6) is 0 Å². The first kappa shape index (κ1) is 23.3. The molecule has 0 saturated carbocycles. The minimum atomic E-state index is -0.422. The monoisotopic (exact) mass is 473 g/mol. The quantitative estimate of drug-likeness (QED) is 0.548. The lowest BCUT2D eigenvalue weighted by Crippen LogP contribution is -2.49. The highest BCUT2D eigenvalue weighted by Gasteiger charge is 2.27. The van der Waals surface area contributed by atoms with Gasteiger partial charge in [0.25, 0.3) is 11.5 Å². The Labute approximate surface area is 204 Å². The molecule has 35 heavy (non-hydrogen) atoms. The van der Waals surface area contributed by atoms with E-state index in [1.165, 1.54) is 17.3 Å². The van der Waals surface area contributed by atoms with E-state index in [0.717, 1.165) is 45.6 Å². The lowest BCUT2D eigenvalue weighted by atomic mass is 9.96. The summed E-state index contributed by atoms with van der Waals surface area (Å²) >= 11 is 0. The van der Waals surface area contributed by atoms with E-state index in [1.807, 2.05) is 12.1 Å². The molecule has 2 fully saturated rings. The highest BCUT2D eigenvalue weighted by atomic mass is 16.5. The van der Waals surface area contributed by atoms with Gasteiger partial charge in [0.2, 0.25) is 5.95 Å². The Kier molecular flexibility index (Phi) is 7.20. The third-order valence-corrected chi connectivity index (χ3v) is 6.75. The smallest absolute Gasteiger partial charge is 0.265 e. The molecule has 2 aliphatic rings. The number of piperazine rings is 1. The van der Waals surface area contributed by atoms with Crippen molar-refractivity contribution >= 4 is 11.9 Å². The van der Waals surface area contributed by atoms with Crippen molar-refractivity contribution in [2.45, 2.75) is 25.0 Å². The standard InChI is InChI=1S/C27H31N5O3/c33-25(28-18-22-12-7-17-35-22)23-19-29-27(30-26(23)34)32-15-13-31(14-16-32)24(20-8-3-1-4-9-20)21-10-5-2-6-11-21/h1-6,8-11,19,22,24H,7,12-18H2,(H,28,33)(H,29,30,34)/t22-/m1/s1. The van der Waals surface area contributed by atoms with Crippen molar-refractivity contribution < 1.29 is 9.53 Å². The summed E-state index contributed by atoms with van der Waals surface area (Å²) in [6, 6.07) is 21.2. The average Bonchev–Trinajstić information content (AvgIpc) is 3.43. The van der Waals surface area contributed by atoms with E-state index < -0.39 is 11.5 Å². The van der Waals surface area contributed by atoms with Crippen LogP contribution in [0.2, 0.25) is 0 Å². The fourth-order valence-electron chi connectivity index (χ4n) is 4.89. The topological polar surface area (TPSA) is 90.6 Å². The number of amides is 1. The Morgan fingerprint density at radius 1 is 1.03 bits per heavy atom. The molecule has 2 N–H and O–H groups in total. The number of carbonyl (C=O) groups is 1. The third-order valence-electron chi connectivity index (χ3n) is 6.75. The van der Waals surface area contributed by atoms with Gasteiger partial charge in [0, 0.05) is 45.5 Å². The molecule has 1 amide bonds. The summed E-state index contributed by atoms with van der Waals surface area (Å²) < 4.78 is 5.52. The van der Waals surface area contributed by atoms with Crippen LogP contribution in [-0.2, 0) is 4.74 Å². The molecule has 5 rings (SSSR count). The van der Waals surface area contributed by atoms with Crippen LogP contribution in [0.25, 0.3) is 0 Å². The largest absolute Gasteiger partial charge is 0.376 e. The molecule has 0 aliphatic carbocycles. The van der Waals surface area contributed by atoms with E-state index in [2.05, 4.69) is 73.6 Å². The number of hydrogen-bond donors (Lipinski definition) is 2. The van der Waals surface area contributed by atoms with Crippen LogP contribution in [0.4, 0.5) is 5.95 Å². The Balaban J connectivity index is 1.24. The summed E-state index contributed by atoms with van der Waals surface area (Å²) in [4.78, 5) is 36.8. The molecule has 2 saturated heterocycles. The minimum Gasteiger partial charge on any atom is -0.376 e. The molecule has 3 heterocycles. The Morgan fingerprint density at radius 3 is 2.26 bits per heavy atom. The molecule has 0 unspecified atom stereocenters. The van der Waals surface area contributed by atoms with Gasteiger partial charge in [0.1, 0.15) is 5.56 Å². The predicted octanol–water partition coefficient (Wildman–Crippen LogP) is 2.59. The molecule has 0 spiro atoms. The van der Waals surface area contributed by atoms with E-state index in [9.17, 15) is 9.59 Å². The van der Waals surface area contributed by atoms with Crippen LogP contribution in [0.3, 0.4) is 0 Å². The number of ether oxygens (including phenoxy) is 1. The second-order valence-electron chi connectivity index (χ2n) is 9.04. The van der Waals surface area contributed by atoms with Gasteiger partial charge in [0.15, 0.2) is 0 Å². The fourth-order valence-corrected chi connectivity index (χ4v) is 4.89. The van der Waals surface area contributed by atoms with Crippen LogP contribution >= 0.6 is 0 Å². The molecule has 2 aromatic carbocycles. The summed E-state index contributed by atoms with van der Waals surface area (Å²) in [6.45, 7) is 4.23. The number of H-pyrrole nitrogens is 1. The number of aromatic nitrogens is 2. The third kappa shape index (κ3) is 5.44. The molecule has 1 atom stereocenters. The van der Waals surface area contributed by atoms with E-state index in [1.54, 1.807) is 0 Å². The Morgan fingerprint density at radius 2 is 1.69 bits per heavy atom. The van der Waals surface area contributed by atoms with Crippen LogP contribution in [0, 0.1) is 0 Å². The lowest BCUT2D eigenvalue weighted by molar-refractivity contribution is 0.0856. The number of anilines is 1. The maximum atomic E-state index is 12.6. The zero-order valence-corrected chi connectivity index (χ0v) is 19.7. The number of carbonyl (C=O) groups excluding carboxylic acids is 1. The van der Waals surface area contributed by atoms with Crippen LogP contribution in [0.15, 0.2) is 71.7 Å². The van der Waals surface area contributed by atoms with Gasteiger partial charge in [-0.1, -0.05) is 60.7 Å². The highest BCUT2D eigenvalue weighted by molar-refractivity contribution is 5.93. The first-order valence-electron chi connectivity index (χ1n) is 12.3. The second kappa shape index (κ2) is 10.8. The molecular formula is C27H31N5O3. The molecule has 3 aromatic rings. The van der Waals surface area contributed by atoms with Gasteiger partial charge < -0.3 is 15.0 Å². The molecule has 8 nitrogen and oxygen atoms in total. The molecular weight excluding hydrogens is 442 g/mol. The summed E-state index contributed by atoms with van der Waals surface area (Å²) in [5.74, 6) is 0.0838. The van der Waals surface area contributed by atoms with Crippen molar-refractivity contribution in [1.29, 1.82) is 0 Å². The Hall–Kier alpha value is -3.49. The number of hydrogen-bond acceptors (Lipinski definition) is 6. The van der Waals surface area contributed by atoms with Crippen molar-refractivity contribution in [3.63, 3.8) is 0 Å². The van der Waals surface area contributed by atoms with Gasteiger partial charge in [-0.25, -0.2) is 4.98 Å². The molecule has 182 valence electrons. The number of nitrogens with one attached hydrogen (secondary N) is 2. The lowest BCUT2D eigenvalue weighted by Gasteiger charge is -2.40. The maximum Gasteiger partial charge on any atom is 0.265 e. The summed E-state index contributed by atoms with van der Waals surface area (Å²) in [7, 11) is 0. The molecule has 1 aromatic heterocycles. The number of rotatable bonds is 7. The zero-order chi connectivity index (χ0) is 24.0.